The lowest BCUT2D eigenvalue weighted by molar-refractivity contribution is -0.117. The number of aromatic nitrogens is 1. The van der Waals surface area contributed by atoms with E-state index in [4.69, 9.17) is 11.6 Å². The van der Waals surface area contributed by atoms with E-state index in [0.717, 1.165) is 10.9 Å². The molecular formula is C19H13ClN2O3. The molecule has 0 saturated heterocycles. The van der Waals surface area contributed by atoms with E-state index >= 15 is 0 Å². The third-order valence-electron chi connectivity index (χ3n) is 4.45. The Balaban J connectivity index is 1.81. The van der Waals surface area contributed by atoms with Crippen molar-refractivity contribution in [3.8, 4) is 0 Å². The number of rotatable bonds is 2. The molecule has 6 heteroatoms. The maximum Gasteiger partial charge on any atom is 0.243 e. The van der Waals surface area contributed by atoms with Gasteiger partial charge in [-0.2, -0.15) is 0 Å². The molecule has 124 valence electrons. The molecule has 0 radical (unpaired) electrons. The van der Waals surface area contributed by atoms with E-state index in [0.29, 0.717) is 21.8 Å². The number of Topliss-reactive ketones (excluding diaryl/α,β-unsaturated/α-hetero) is 2. The third kappa shape index (κ3) is 2.36. The molecule has 0 spiro atoms. The zero-order chi connectivity index (χ0) is 17.7. The van der Waals surface area contributed by atoms with Crippen molar-refractivity contribution in [2.75, 3.05) is 5.32 Å². The first kappa shape index (κ1) is 15.6. The Morgan fingerprint density at radius 3 is 2.72 bits per heavy atom. The van der Waals surface area contributed by atoms with Gasteiger partial charge in [-0.15, -0.1) is 0 Å². The van der Waals surface area contributed by atoms with Crippen LogP contribution in [0.4, 0.5) is 5.69 Å². The van der Waals surface area contributed by atoms with Crippen LogP contribution in [0.3, 0.4) is 0 Å². The van der Waals surface area contributed by atoms with Gasteiger partial charge in [-0.05, 0) is 24.3 Å². The van der Waals surface area contributed by atoms with Gasteiger partial charge in [0, 0.05) is 40.3 Å². The largest absolute Gasteiger partial charge is 0.350 e. The van der Waals surface area contributed by atoms with E-state index < -0.39 is 23.4 Å². The summed E-state index contributed by atoms with van der Waals surface area (Å²) in [6.45, 7) is 0. The van der Waals surface area contributed by atoms with Crippen LogP contribution in [0, 0.1) is 5.92 Å². The highest BCUT2D eigenvalue weighted by molar-refractivity contribution is 6.36. The summed E-state index contributed by atoms with van der Waals surface area (Å²) in [6, 6.07) is 12.0. The Kier molecular flexibility index (Phi) is 3.47. The number of fused-ring (bicyclic) bond motifs is 2. The van der Waals surface area contributed by atoms with Crippen molar-refractivity contribution in [3.05, 3.63) is 64.8 Å². The first-order valence-electron chi connectivity index (χ1n) is 7.70. The molecule has 1 unspecified atom stereocenters. The van der Waals surface area contributed by atoms with Crippen molar-refractivity contribution in [1.82, 2.24) is 4.57 Å². The molecule has 0 aliphatic carbocycles. The number of halogens is 1. The standard InChI is InChI=1S/C19H13ClN2O3/c1-22-9-13(11-4-2-3-5-15(11)22)18(24)16-17(23)12-7-6-10(20)8-14(12)21-19(16)25/h2-9,16H,1H3,(H,21,25). The van der Waals surface area contributed by atoms with Gasteiger partial charge in [0.1, 0.15) is 0 Å². The maximum atomic E-state index is 13.0. The highest BCUT2D eigenvalue weighted by atomic mass is 35.5. The fourth-order valence-electron chi connectivity index (χ4n) is 3.25. The molecule has 25 heavy (non-hydrogen) atoms. The Hall–Kier alpha value is -2.92. The molecule has 0 saturated carbocycles. The topological polar surface area (TPSA) is 68.2 Å². The van der Waals surface area contributed by atoms with Crippen LogP contribution in [0.2, 0.25) is 5.02 Å². The second kappa shape index (κ2) is 5.57. The average molecular weight is 353 g/mol. The molecular weight excluding hydrogens is 340 g/mol. The Morgan fingerprint density at radius 1 is 1.16 bits per heavy atom. The van der Waals surface area contributed by atoms with E-state index in [9.17, 15) is 14.4 Å². The van der Waals surface area contributed by atoms with Gasteiger partial charge in [-0.25, -0.2) is 0 Å². The zero-order valence-corrected chi connectivity index (χ0v) is 14.0. The predicted octanol–water partition coefficient (Wildman–Crippen LogP) is 3.47. The van der Waals surface area contributed by atoms with E-state index in [2.05, 4.69) is 5.32 Å². The van der Waals surface area contributed by atoms with E-state index in [1.54, 1.807) is 12.3 Å². The minimum absolute atomic E-state index is 0.294. The van der Waals surface area contributed by atoms with Crippen LogP contribution in [0.25, 0.3) is 10.9 Å². The smallest absolute Gasteiger partial charge is 0.243 e. The molecule has 1 amide bonds. The molecule has 1 N–H and O–H groups in total. The number of carbonyl (C=O) groups excluding carboxylic acids is 3. The Bertz CT molecular complexity index is 1070. The maximum absolute atomic E-state index is 13.0. The molecule has 2 heterocycles. The summed E-state index contributed by atoms with van der Waals surface area (Å²) in [5.41, 5.74) is 1.86. The average Bonchev–Trinajstić information content (AvgIpc) is 2.92. The lowest BCUT2D eigenvalue weighted by atomic mass is 9.86. The van der Waals surface area contributed by atoms with E-state index in [-0.39, 0.29) is 0 Å². The Morgan fingerprint density at radius 2 is 1.92 bits per heavy atom. The minimum atomic E-state index is -1.39. The number of para-hydroxylation sites is 1. The normalized spacial score (nSPS) is 16.6. The van der Waals surface area contributed by atoms with Gasteiger partial charge in [0.05, 0.1) is 5.69 Å². The molecule has 5 nitrogen and oxygen atoms in total. The van der Waals surface area contributed by atoms with Gasteiger partial charge in [0.2, 0.25) is 5.91 Å². The summed E-state index contributed by atoms with van der Waals surface area (Å²) in [5, 5.41) is 3.74. The molecule has 1 aliphatic rings. The number of nitrogens with zero attached hydrogens (tertiary/aromatic N) is 1. The summed E-state index contributed by atoms with van der Waals surface area (Å²) >= 11 is 5.90. The van der Waals surface area contributed by atoms with E-state index in [1.165, 1.54) is 12.1 Å². The molecule has 1 atom stereocenters. The number of nitrogens with one attached hydrogen (secondary N) is 1. The summed E-state index contributed by atoms with van der Waals surface area (Å²) in [5.74, 6) is -3.02. The second-order valence-electron chi connectivity index (χ2n) is 6.01. The highest BCUT2D eigenvalue weighted by Gasteiger charge is 2.40. The van der Waals surface area contributed by atoms with Crippen LogP contribution in [0.15, 0.2) is 48.7 Å². The van der Waals surface area contributed by atoms with Crippen molar-refractivity contribution < 1.29 is 14.4 Å². The number of anilines is 1. The minimum Gasteiger partial charge on any atom is -0.350 e. The molecule has 1 aliphatic heterocycles. The van der Waals surface area contributed by atoms with E-state index in [1.807, 2.05) is 35.9 Å². The molecule has 2 aromatic carbocycles. The van der Waals surface area contributed by atoms with Gasteiger partial charge in [0.25, 0.3) is 0 Å². The van der Waals surface area contributed by atoms with Gasteiger partial charge in [-0.1, -0.05) is 29.8 Å². The van der Waals surface area contributed by atoms with Crippen molar-refractivity contribution >= 4 is 45.7 Å². The molecule has 0 fully saturated rings. The van der Waals surface area contributed by atoms with Crippen LogP contribution in [0.1, 0.15) is 20.7 Å². The van der Waals surface area contributed by atoms with Crippen molar-refractivity contribution in [1.29, 1.82) is 0 Å². The number of amides is 1. The third-order valence-corrected chi connectivity index (χ3v) is 4.69. The molecule has 3 aromatic rings. The summed E-state index contributed by atoms with van der Waals surface area (Å²) in [7, 11) is 1.82. The zero-order valence-electron chi connectivity index (χ0n) is 13.2. The number of ketones is 2. The first-order chi connectivity index (χ1) is 12.0. The van der Waals surface area contributed by atoms with Crippen molar-refractivity contribution in [3.63, 3.8) is 0 Å². The van der Waals surface area contributed by atoms with Crippen LogP contribution in [-0.2, 0) is 11.8 Å². The van der Waals surface area contributed by atoms with Crippen molar-refractivity contribution in [2.24, 2.45) is 13.0 Å². The SMILES string of the molecule is Cn1cc(C(=O)C2C(=O)Nc3cc(Cl)ccc3C2=O)c2ccccc21. The summed E-state index contributed by atoms with van der Waals surface area (Å²) in [4.78, 5) is 38.2. The number of aryl methyl sites for hydroxylation is 1. The molecule has 0 bridgehead atoms. The summed E-state index contributed by atoms with van der Waals surface area (Å²) < 4.78 is 1.81. The van der Waals surface area contributed by atoms with Gasteiger partial charge >= 0.3 is 0 Å². The van der Waals surface area contributed by atoms with Crippen molar-refractivity contribution in [2.45, 2.75) is 0 Å². The van der Waals surface area contributed by atoms with Crippen LogP contribution in [-0.4, -0.2) is 22.0 Å². The quantitative estimate of drug-likeness (QED) is 0.567. The fraction of sp³-hybridized carbons (Fsp3) is 0.105. The number of hydrogen-bond acceptors (Lipinski definition) is 3. The summed E-state index contributed by atoms with van der Waals surface area (Å²) in [6.07, 6.45) is 1.66. The van der Waals surface area contributed by atoms with Crippen LogP contribution in [0.5, 0.6) is 0 Å². The monoisotopic (exact) mass is 352 g/mol. The second-order valence-corrected chi connectivity index (χ2v) is 6.45. The molecule has 4 rings (SSSR count). The number of benzene rings is 2. The first-order valence-corrected chi connectivity index (χ1v) is 8.08. The van der Waals surface area contributed by atoms with Gasteiger partial charge in [0.15, 0.2) is 17.5 Å². The number of carbonyl (C=O) groups is 3. The molecule has 1 aromatic heterocycles. The number of hydrogen-bond donors (Lipinski definition) is 1. The highest BCUT2D eigenvalue weighted by Crippen LogP contribution is 2.31. The Labute approximate surface area is 148 Å². The van der Waals surface area contributed by atoms with Gasteiger partial charge in [-0.3, -0.25) is 14.4 Å². The lowest BCUT2D eigenvalue weighted by Gasteiger charge is -2.22. The fourth-order valence-corrected chi connectivity index (χ4v) is 3.42. The van der Waals surface area contributed by atoms with Crippen LogP contribution < -0.4 is 5.32 Å². The predicted molar refractivity (Wildman–Crippen MR) is 95.2 cm³/mol. The van der Waals surface area contributed by atoms with Crippen LogP contribution >= 0.6 is 11.6 Å². The lowest BCUT2D eigenvalue weighted by Crippen LogP contribution is -2.40. The van der Waals surface area contributed by atoms with Gasteiger partial charge < -0.3 is 9.88 Å².